The van der Waals surface area contributed by atoms with Crippen LogP contribution in [0.3, 0.4) is 0 Å². The third-order valence-electron chi connectivity index (χ3n) is 2.50. The third kappa shape index (κ3) is 3.76. The lowest BCUT2D eigenvalue weighted by Crippen LogP contribution is -2.45. The van der Waals surface area contributed by atoms with Crippen molar-refractivity contribution in [3.63, 3.8) is 0 Å². The Morgan fingerprint density at radius 2 is 2.12 bits per heavy atom. The maximum absolute atomic E-state index is 11.2. The summed E-state index contributed by atoms with van der Waals surface area (Å²) in [4.78, 5) is 11.2. The van der Waals surface area contributed by atoms with Crippen molar-refractivity contribution in [2.45, 2.75) is 52.5 Å². The zero-order chi connectivity index (χ0) is 12.3. The van der Waals surface area contributed by atoms with Gasteiger partial charge in [-0.05, 0) is 18.5 Å². The van der Waals surface area contributed by atoms with Crippen LogP contribution in [-0.2, 0) is 14.0 Å². The van der Waals surface area contributed by atoms with E-state index in [2.05, 4.69) is 33.9 Å². The Morgan fingerprint density at radius 1 is 1.50 bits per heavy atom. The number of rotatable bonds is 3. The fraction of sp³-hybridized carbons (Fsp3) is 0.750. The zero-order valence-corrected chi connectivity index (χ0v) is 12.0. The molecule has 92 valence electrons. The zero-order valence-electron chi connectivity index (χ0n) is 10.8. The van der Waals surface area contributed by atoms with E-state index in [4.69, 9.17) is 9.16 Å². The third-order valence-corrected chi connectivity index (χ3v) is 3.34. The molecule has 2 unspecified atom stereocenters. The molecule has 0 saturated heterocycles. The number of cyclic esters (lactones) is 1. The quantitative estimate of drug-likeness (QED) is 0.562. The van der Waals surface area contributed by atoms with E-state index >= 15 is 0 Å². The lowest BCUT2D eigenvalue weighted by molar-refractivity contribution is -0.153. The summed E-state index contributed by atoms with van der Waals surface area (Å²) in [6.45, 7) is 10.7. The van der Waals surface area contributed by atoms with Crippen LogP contribution < -0.4 is 0 Å². The van der Waals surface area contributed by atoms with Gasteiger partial charge in [-0.15, -0.1) is 0 Å². The molecule has 0 N–H and O–H groups in total. The summed E-state index contributed by atoms with van der Waals surface area (Å²) in [5.74, 6) is -0.250. The lowest BCUT2D eigenvalue weighted by Gasteiger charge is -2.38. The van der Waals surface area contributed by atoms with Crippen LogP contribution in [0.15, 0.2) is 12.2 Å². The average Bonchev–Trinajstić information content (AvgIpc) is 2.12. The van der Waals surface area contributed by atoms with E-state index in [9.17, 15) is 4.79 Å². The molecule has 0 aromatic carbocycles. The molecule has 1 rings (SSSR count). The van der Waals surface area contributed by atoms with Crippen LogP contribution >= 0.6 is 0 Å². The highest BCUT2D eigenvalue weighted by molar-refractivity contribution is 6.48. The molecule has 0 aromatic rings. The largest absolute Gasteiger partial charge is 0.456 e. The Morgan fingerprint density at radius 3 is 2.56 bits per heavy atom. The highest BCUT2D eigenvalue weighted by Gasteiger charge is 2.36. The van der Waals surface area contributed by atoms with Crippen LogP contribution in [0.5, 0.6) is 0 Å². The Hall–Kier alpha value is -0.613. The second-order valence-electron chi connectivity index (χ2n) is 5.58. The Kier molecular flexibility index (Phi) is 4.33. The number of esters is 1. The maximum atomic E-state index is 11.2. The summed E-state index contributed by atoms with van der Waals surface area (Å²) in [5.41, 5.74) is -0.00655. The van der Waals surface area contributed by atoms with Gasteiger partial charge in [0.15, 0.2) is 9.04 Å². The standard InChI is InChI=1S/C12H22O3Si/c1-12(2,3)11(15-16(4)5)9-7-6-8-10(13)14-9/h6,8-9,11,16H,7H2,1-5H3. The molecule has 0 bridgehead atoms. The highest BCUT2D eigenvalue weighted by Crippen LogP contribution is 2.30. The van der Waals surface area contributed by atoms with Gasteiger partial charge in [-0.3, -0.25) is 0 Å². The van der Waals surface area contributed by atoms with E-state index in [1.807, 2.05) is 6.08 Å². The van der Waals surface area contributed by atoms with E-state index in [0.717, 1.165) is 6.42 Å². The molecule has 0 radical (unpaired) electrons. The smallest absolute Gasteiger partial charge is 0.330 e. The fourth-order valence-corrected chi connectivity index (χ4v) is 3.03. The molecule has 0 fully saturated rings. The number of hydrogen-bond acceptors (Lipinski definition) is 3. The van der Waals surface area contributed by atoms with Crippen LogP contribution in [0, 0.1) is 5.41 Å². The van der Waals surface area contributed by atoms with Gasteiger partial charge >= 0.3 is 5.97 Å². The van der Waals surface area contributed by atoms with Crippen molar-refractivity contribution >= 4 is 15.0 Å². The second-order valence-corrected chi connectivity index (χ2v) is 7.95. The monoisotopic (exact) mass is 242 g/mol. The SMILES string of the molecule is C[SiH](C)OC(C1CC=CC(=O)O1)C(C)(C)C. The van der Waals surface area contributed by atoms with Gasteiger partial charge in [-0.1, -0.05) is 26.8 Å². The minimum absolute atomic E-state index is 0.00642. The van der Waals surface area contributed by atoms with Gasteiger partial charge in [-0.25, -0.2) is 4.79 Å². The van der Waals surface area contributed by atoms with Gasteiger partial charge in [0.25, 0.3) is 0 Å². The molecule has 3 nitrogen and oxygen atoms in total. The summed E-state index contributed by atoms with van der Waals surface area (Å²) >= 11 is 0. The molecule has 0 amide bonds. The molecule has 1 heterocycles. The predicted octanol–water partition coefficient (Wildman–Crippen LogP) is 2.27. The topological polar surface area (TPSA) is 35.5 Å². The molecule has 1 aliphatic rings. The summed E-state index contributed by atoms with van der Waals surface area (Å²) in [6.07, 6.45) is 3.98. The Balaban J connectivity index is 2.76. The van der Waals surface area contributed by atoms with Crippen molar-refractivity contribution in [1.82, 2.24) is 0 Å². The molecule has 0 aromatic heterocycles. The molecule has 4 heteroatoms. The minimum atomic E-state index is -1.13. The molecule has 16 heavy (non-hydrogen) atoms. The number of carbonyl (C=O) groups excluding carboxylic acids is 1. The fourth-order valence-electron chi connectivity index (χ4n) is 1.86. The van der Waals surface area contributed by atoms with Crippen LogP contribution in [0.25, 0.3) is 0 Å². The van der Waals surface area contributed by atoms with Crippen molar-refractivity contribution in [2.24, 2.45) is 5.41 Å². The van der Waals surface area contributed by atoms with Gasteiger partial charge in [0.1, 0.15) is 6.10 Å². The predicted molar refractivity (Wildman–Crippen MR) is 66.8 cm³/mol. The number of ether oxygens (including phenoxy) is 1. The summed E-state index contributed by atoms with van der Waals surface area (Å²) in [5, 5.41) is 0. The van der Waals surface area contributed by atoms with Crippen molar-refractivity contribution < 1.29 is 14.0 Å². The molecular formula is C12H22O3Si. The van der Waals surface area contributed by atoms with Gasteiger partial charge in [0.05, 0.1) is 6.10 Å². The van der Waals surface area contributed by atoms with Crippen LogP contribution in [0.2, 0.25) is 13.1 Å². The van der Waals surface area contributed by atoms with E-state index in [1.54, 1.807) is 0 Å². The lowest BCUT2D eigenvalue weighted by atomic mass is 9.84. The van der Waals surface area contributed by atoms with E-state index < -0.39 is 9.04 Å². The van der Waals surface area contributed by atoms with Crippen LogP contribution in [-0.4, -0.2) is 27.2 Å². The van der Waals surface area contributed by atoms with E-state index in [-0.39, 0.29) is 23.6 Å². The summed E-state index contributed by atoms with van der Waals surface area (Å²) < 4.78 is 11.4. The van der Waals surface area contributed by atoms with Gasteiger partial charge in [0, 0.05) is 12.5 Å². The first-order valence-corrected chi connectivity index (χ1v) is 8.61. The van der Waals surface area contributed by atoms with E-state index in [0.29, 0.717) is 0 Å². The molecule has 0 saturated carbocycles. The maximum Gasteiger partial charge on any atom is 0.330 e. The normalized spacial score (nSPS) is 23.4. The van der Waals surface area contributed by atoms with Crippen molar-refractivity contribution in [1.29, 1.82) is 0 Å². The number of carbonyl (C=O) groups is 1. The number of hydrogen-bond donors (Lipinski definition) is 0. The van der Waals surface area contributed by atoms with E-state index in [1.165, 1.54) is 6.08 Å². The van der Waals surface area contributed by atoms with Crippen LogP contribution in [0.1, 0.15) is 27.2 Å². The summed E-state index contributed by atoms with van der Waals surface area (Å²) in [7, 11) is -1.13. The van der Waals surface area contributed by atoms with Gasteiger partial charge in [-0.2, -0.15) is 0 Å². The molecule has 2 atom stereocenters. The first kappa shape index (κ1) is 13.5. The molecule has 1 aliphatic heterocycles. The summed E-state index contributed by atoms with van der Waals surface area (Å²) in [6, 6.07) is 0. The van der Waals surface area contributed by atoms with Crippen LogP contribution in [0.4, 0.5) is 0 Å². The highest BCUT2D eigenvalue weighted by atomic mass is 28.3. The molecular weight excluding hydrogens is 220 g/mol. The Labute approximate surface area is 99.5 Å². The first-order chi connectivity index (χ1) is 7.30. The minimum Gasteiger partial charge on any atom is -0.456 e. The van der Waals surface area contributed by atoms with Crippen molar-refractivity contribution in [2.75, 3.05) is 0 Å². The Bertz CT molecular complexity index is 278. The molecule has 0 spiro atoms. The molecule has 0 aliphatic carbocycles. The first-order valence-electron chi connectivity index (χ1n) is 5.83. The average molecular weight is 242 g/mol. The van der Waals surface area contributed by atoms with Gasteiger partial charge in [0.2, 0.25) is 0 Å². The van der Waals surface area contributed by atoms with Crippen molar-refractivity contribution in [3.8, 4) is 0 Å². The van der Waals surface area contributed by atoms with Crippen molar-refractivity contribution in [3.05, 3.63) is 12.2 Å². The van der Waals surface area contributed by atoms with Gasteiger partial charge < -0.3 is 9.16 Å². The second kappa shape index (κ2) is 5.14.